The topological polar surface area (TPSA) is 24.5 Å². The Bertz CT molecular complexity index is 431. The van der Waals surface area contributed by atoms with Crippen LogP contribution in [0.5, 0.6) is 0 Å². The second-order valence-electron chi connectivity index (χ2n) is 6.24. The third-order valence-corrected chi connectivity index (χ3v) is 3.96. The van der Waals surface area contributed by atoms with Gasteiger partial charge in [0.2, 0.25) is 0 Å². The maximum Gasteiger partial charge on any atom is 0.0762 e. The number of benzene rings is 1. The number of hydrogen-bond acceptors (Lipinski definition) is 3. The molecule has 0 radical (unpaired) electrons. The zero-order valence-corrected chi connectivity index (χ0v) is 13.3. The van der Waals surface area contributed by atoms with Crippen molar-refractivity contribution in [2.24, 2.45) is 5.92 Å². The number of nitrogens with one attached hydrogen (secondary N) is 1. The van der Waals surface area contributed by atoms with Crippen LogP contribution in [0.1, 0.15) is 31.4 Å². The highest BCUT2D eigenvalue weighted by Crippen LogP contribution is 2.26. The van der Waals surface area contributed by atoms with Crippen molar-refractivity contribution < 1.29 is 4.74 Å². The molecule has 112 valence electrons. The standard InChI is InChI=1S/C17H28N2O/c1-13(2)10-18-11-15-5-6-17(14(3)9-15)19-8-7-16(12-19)20-4/h5-6,9,13,16,18H,7-8,10-12H2,1-4H3. The summed E-state index contributed by atoms with van der Waals surface area (Å²) in [5.41, 5.74) is 4.09. The van der Waals surface area contributed by atoms with E-state index in [0.717, 1.165) is 32.6 Å². The van der Waals surface area contributed by atoms with E-state index in [-0.39, 0.29) is 0 Å². The van der Waals surface area contributed by atoms with Gasteiger partial charge in [0, 0.05) is 32.4 Å². The lowest BCUT2D eigenvalue weighted by Crippen LogP contribution is -2.23. The molecule has 0 saturated carbocycles. The lowest BCUT2D eigenvalue weighted by atomic mass is 10.1. The molecule has 0 spiro atoms. The largest absolute Gasteiger partial charge is 0.380 e. The number of anilines is 1. The van der Waals surface area contributed by atoms with E-state index in [2.05, 4.69) is 49.2 Å². The van der Waals surface area contributed by atoms with Gasteiger partial charge in [0.15, 0.2) is 0 Å². The Balaban J connectivity index is 1.96. The fourth-order valence-electron chi connectivity index (χ4n) is 2.83. The second-order valence-corrected chi connectivity index (χ2v) is 6.24. The zero-order valence-electron chi connectivity index (χ0n) is 13.3. The Kier molecular flexibility index (Phi) is 5.44. The normalized spacial score (nSPS) is 19.1. The lowest BCUT2D eigenvalue weighted by molar-refractivity contribution is 0.121. The van der Waals surface area contributed by atoms with Crippen LogP contribution in [-0.4, -0.2) is 32.8 Å². The first-order valence-corrected chi connectivity index (χ1v) is 7.68. The molecule has 3 nitrogen and oxygen atoms in total. The van der Waals surface area contributed by atoms with Crippen LogP contribution in [0.3, 0.4) is 0 Å². The first kappa shape index (κ1) is 15.3. The van der Waals surface area contributed by atoms with Crippen molar-refractivity contribution in [3.8, 4) is 0 Å². The van der Waals surface area contributed by atoms with Crippen molar-refractivity contribution in [2.75, 3.05) is 31.6 Å². The number of methoxy groups -OCH3 is 1. The van der Waals surface area contributed by atoms with Crippen LogP contribution in [0.25, 0.3) is 0 Å². The summed E-state index contributed by atoms with van der Waals surface area (Å²) in [5, 5.41) is 3.50. The van der Waals surface area contributed by atoms with Gasteiger partial charge in [-0.05, 0) is 43.0 Å². The average Bonchev–Trinajstić information content (AvgIpc) is 2.87. The Morgan fingerprint density at radius 3 is 2.80 bits per heavy atom. The third-order valence-electron chi connectivity index (χ3n) is 3.96. The van der Waals surface area contributed by atoms with E-state index in [0.29, 0.717) is 12.0 Å². The van der Waals surface area contributed by atoms with Gasteiger partial charge in [-0.25, -0.2) is 0 Å². The van der Waals surface area contributed by atoms with Crippen LogP contribution in [0, 0.1) is 12.8 Å². The highest BCUT2D eigenvalue weighted by molar-refractivity contribution is 5.55. The molecule has 0 bridgehead atoms. The van der Waals surface area contributed by atoms with Crippen molar-refractivity contribution in [3.63, 3.8) is 0 Å². The highest BCUT2D eigenvalue weighted by Gasteiger charge is 2.23. The van der Waals surface area contributed by atoms with E-state index in [1.807, 2.05) is 7.11 Å². The average molecular weight is 276 g/mol. The summed E-state index contributed by atoms with van der Waals surface area (Å²) in [6, 6.07) is 6.82. The highest BCUT2D eigenvalue weighted by atomic mass is 16.5. The molecule has 1 unspecified atom stereocenters. The molecule has 1 heterocycles. The summed E-state index contributed by atoms with van der Waals surface area (Å²) in [6.07, 6.45) is 1.52. The van der Waals surface area contributed by atoms with Crippen LogP contribution in [0.2, 0.25) is 0 Å². The molecule has 20 heavy (non-hydrogen) atoms. The van der Waals surface area contributed by atoms with Crippen LogP contribution < -0.4 is 10.2 Å². The van der Waals surface area contributed by atoms with Crippen molar-refractivity contribution in [3.05, 3.63) is 29.3 Å². The SMILES string of the molecule is COC1CCN(c2ccc(CNCC(C)C)cc2C)C1. The van der Waals surface area contributed by atoms with Gasteiger partial charge < -0.3 is 15.0 Å². The molecule has 1 fully saturated rings. The molecule has 1 saturated heterocycles. The Hall–Kier alpha value is -1.06. The van der Waals surface area contributed by atoms with Crippen LogP contribution in [-0.2, 0) is 11.3 Å². The van der Waals surface area contributed by atoms with Crippen molar-refractivity contribution >= 4 is 5.69 Å². The van der Waals surface area contributed by atoms with E-state index in [4.69, 9.17) is 4.74 Å². The molecular weight excluding hydrogens is 248 g/mol. The molecule has 1 aromatic carbocycles. The molecule has 3 heteroatoms. The minimum atomic E-state index is 0.391. The number of hydrogen-bond donors (Lipinski definition) is 1. The third kappa shape index (κ3) is 3.97. The van der Waals surface area contributed by atoms with E-state index in [1.54, 1.807) is 0 Å². The van der Waals surface area contributed by atoms with E-state index in [1.165, 1.54) is 16.8 Å². The Morgan fingerprint density at radius 2 is 2.20 bits per heavy atom. The first-order valence-electron chi connectivity index (χ1n) is 7.68. The molecule has 1 N–H and O–H groups in total. The molecule has 0 amide bonds. The maximum absolute atomic E-state index is 5.45. The monoisotopic (exact) mass is 276 g/mol. The zero-order chi connectivity index (χ0) is 14.5. The van der Waals surface area contributed by atoms with E-state index in [9.17, 15) is 0 Å². The van der Waals surface area contributed by atoms with Gasteiger partial charge in [0.25, 0.3) is 0 Å². The van der Waals surface area contributed by atoms with Crippen molar-refractivity contribution in [1.29, 1.82) is 0 Å². The Morgan fingerprint density at radius 1 is 1.40 bits per heavy atom. The smallest absolute Gasteiger partial charge is 0.0762 e. The fraction of sp³-hybridized carbons (Fsp3) is 0.647. The maximum atomic E-state index is 5.45. The predicted octanol–water partition coefficient (Wildman–Crippen LogP) is 2.97. The van der Waals surface area contributed by atoms with E-state index < -0.39 is 0 Å². The summed E-state index contributed by atoms with van der Waals surface area (Å²) in [5.74, 6) is 0.700. The lowest BCUT2D eigenvalue weighted by Gasteiger charge is -2.21. The minimum absolute atomic E-state index is 0.391. The second kappa shape index (κ2) is 7.09. The number of nitrogens with zero attached hydrogens (tertiary/aromatic N) is 1. The Labute approximate surface area is 123 Å². The number of ether oxygens (including phenoxy) is 1. The molecule has 1 aliphatic rings. The van der Waals surface area contributed by atoms with E-state index >= 15 is 0 Å². The van der Waals surface area contributed by atoms with Crippen LogP contribution >= 0.6 is 0 Å². The van der Waals surface area contributed by atoms with Gasteiger partial charge in [-0.3, -0.25) is 0 Å². The van der Waals surface area contributed by atoms with Gasteiger partial charge >= 0.3 is 0 Å². The van der Waals surface area contributed by atoms with Gasteiger partial charge in [-0.15, -0.1) is 0 Å². The predicted molar refractivity (Wildman–Crippen MR) is 85.4 cm³/mol. The molecule has 2 rings (SSSR count). The number of rotatable bonds is 6. The fourth-order valence-corrected chi connectivity index (χ4v) is 2.83. The summed E-state index contributed by atoms with van der Waals surface area (Å²) >= 11 is 0. The molecule has 1 aromatic rings. The number of aryl methyl sites for hydroxylation is 1. The molecule has 0 aliphatic carbocycles. The minimum Gasteiger partial charge on any atom is -0.380 e. The van der Waals surface area contributed by atoms with Gasteiger partial charge in [0.05, 0.1) is 6.10 Å². The summed E-state index contributed by atoms with van der Waals surface area (Å²) < 4.78 is 5.45. The van der Waals surface area contributed by atoms with Gasteiger partial charge in [-0.2, -0.15) is 0 Å². The van der Waals surface area contributed by atoms with Crippen LogP contribution in [0.15, 0.2) is 18.2 Å². The molecule has 1 atom stereocenters. The molecular formula is C17H28N2O. The van der Waals surface area contributed by atoms with Gasteiger partial charge in [-0.1, -0.05) is 26.0 Å². The summed E-state index contributed by atoms with van der Waals surface area (Å²) in [7, 11) is 1.81. The molecule has 0 aromatic heterocycles. The molecule has 1 aliphatic heterocycles. The van der Waals surface area contributed by atoms with Crippen LogP contribution in [0.4, 0.5) is 5.69 Å². The van der Waals surface area contributed by atoms with Gasteiger partial charge in [0.1, 0.15) is 0 Å². The first-order chi connectivity index (χ1) is 9.60. The van der Waals surface area contributed by atoms with Crippen molar-refractivity contribution in [2.45, 2.75) is 39.8 Å². The summed E-state index contributed by atoms with van der Waals surface area (Å²) in [6.45, 7) is 10.8. The van der Waals surface area contributed by atoms with Crippen molar-refractivity contribution in [1.82, 2.24) is 5.32 Å². The summed E-state index contributed by atoms with van der Waals surface area (Å²) in [4.78, 5) is 2.44. The quantitative estimate of drug-likeness (QED) is 0.864.